The van der Waals surface area contributed by atoms with Gasteiger partial charge in [-0.3, -0.25) is 4.79 Å². The average Bonchev–Trinajstić information content (AvgIpc) is 3.02. The van der Waals surface area contributed by atoms with Crippen LogP contribution in [0.2, 0.25) is 0 Å². The van der Waals surface area contributed by atoms with Crippen molar-refractivity contribution in [3.05, 3.63) is 59.5 Å². The number of fused-ring (bicyclic) bond motifs is 2. The third-order valence-electron chi connectivity index (χ3n) is 3.88. The molecule has 1 aliphatic rings. The van der Waals surface area contributed by atoms with Crippen LogP contribution in [0, 0.1) is 0 Å². The Labute approximate surface area is 132 Å². The highest BCUT2D eigenvalue weighted by atomic mass is 32.1. The summed E-state index contributed by atoms with van der Waals surface area (Å²) in [4.78, 5) is 14.9. The lowest BCUT2D eigenvalue weighted by Gasteiger charge is -2.33. The summed E-state index contributed by atoms with van der Waals surface area (Å²) in [5, 5.41) is 3.14. The molecule has 0 bridgehead atoms. The van der Waals surface area contributed by atoms with Crippen molar-refractivity contribution in [3.63, 3.8) is 0 Å². The van der Waals surface area contributed by atoms with E-state index in [0.717, 1.165) is 27.1 Å². The Hall–Kier alpha value is -2.33. The lowest BCUT2D eigenvalue weighted by atomic mass is 10.1. The molecular weight excluding hydrogens is 294 g/mol. The van der Waals surface area contributed by atoms with Gasteiger partial charge < -0.3 is 9.64 Å². The van der Waals surface area contributed by atoms with Crippen LogP contribution < -0.4 is 9.64 Å². The number of thiophene rings is 1. The zero-order valence-corrected chi connectivity index (χ0v) is 13.0. The summed E-state index contributed by atoms with van der Waals surface area (Å²) in [6.45, 7) is 2.56. The lowest BCUT2D eigenvalue weighted by molar-refractivity contribution is 0.0963. The minimum Gasteiger partial charge on any atom is -0.487 e. The predicted octanol–water partition coefficient (Wildman–Crippen LogP) is 4.33. The van der Waals surface area contributed by atoms with Gasteiger partial charge >= 0.3 is 0 Å². The molecule has 0 aliphatic carbocycles. The standard InChI is InChI=1S/C18H15NO2S/c1-12-11-19(15-7-2-3-8-16(15)21-12)18(20)14-6-4-5-13-9-10-22-17(13)14/h2-10,12H,11H2,1H3. The van der Waals surface area contributed by atoms with Crippen LogP contribution in [0.1, 0.15) is 17.3 Å². The lowest BCUT2D eigenvalue weighted by Crippen LogP contribution is -2.42. The zero-order chi connectivity index (χ0) is 15.1. The van der Waals surface area contributed by atoms with E-state index in [1.54, 1.807) is 11.3 Å². The molecule has 0 spiro atoms. The number of hydrogen-bond acceptors (Lipinski definition) is 3. The molecule has 4 heteroatoms. The number of para-hydroxylation sites is 2. The first-order valence-corrected chi connectivity index (χ1v) is 8.16. The Morgan fingerprint density at radius 3 is 2.95 bits per heavy atom. The van der Waals surface area contributed by atoms with Crippen LogP contribution in [-0.4, -0.2) is 18.6 Å². The molecule has 0 N–H and O–H groups in total. The van der Waals surface area contributed by atoms with Crippen molar-refractivity contribution in [2.24, 2.45) is 0 Å². The Morgan fingerprint density at radius 1 is 1.18 bits per heavy atom. The molecule has 2 heterocycles. The summed E-state index contributed by atoms with van der Waals surface area (Å²) in [7, 11) is 0. The van der Waals surface area contributed by atoms with Crippen LogP contribution in [0.25, 0.3) is 10.1 Å². The maximum atomic E-state index is 13.1. The van der Waals surface area contributed by atoms with Gasteiger partial charge in [-0.2, -0.15) is 0 Å². The fraction of sp³-hybridized carbons (Fsp3) is 0.167. The van der Waals surface area contributed by atoms with E-state index in [0.29, 0.717) is 6.54 Å². The van der Waals surface area contributed by atoms with Crippen LogP contribution in [0.15, 0.2) is 53.9 Å². The Balaban J connectivity index is 1.82. The van der Waals surface area contributed by atoms with Crippen molar-refractivity contribution >= 4 is 33.0 Å². The summed E-state index contributed by atoms with van der Waals surface area (Å²) in [6, 6.07) is 15.7. The average molecular weight is 309 g/mol. The number of carbonyl (C=O) groups excluding carboxylic acids is 1. The van der Waals surface area contributed by atoms with Crippen LogP contribution in [-0.2, 0) is 0 Å². The quantitative estimate of drug-likeness (QED) is 0.669. The molecule has 22 heavy (non-hydrogen) atoms. The Morgan fingerprint density at radius 2 is 2.05 bits per heavy atom. The summed E-state index contributed by atoms with van der Waals surface area (Å²) in [5.41, 5.74) is 1.61. The molecule has 1 unspecified atom stereocenters. The van der Waals surface area contributed by atoms with Crippen molar-refractivity contribution in [3.8, 4) is 5.75 Å². The summed E-state index contributed by atoms with van der Waals surface area (Å²) >= 11 is 1.61. The molecule has 1 amide bonds. The monoisotopic (exact) mass is 309 g/mol. The molecule has 0 saturated carbocycles. The van der Waals surface area contributed by atoms with E-state index in [2.05, 4.69) is 0 Å². The first-order chi connectivity index (χ1) is 10.7. The van der Waals surface area contributed by atoms with Crippen LogP contribution in [0.4, 0.5) is 5.69 Å². The predicted molar refractivity (Wildman–Crippen MR) is 90.0 cm³/mol. The van der Waals surface area contributed by atoms with Gasteiger partial charge in [0.05, 0.1) is 17.8 Å². The van der Waals surface area contributed by atoms with Gasteiger partial charge in [-0.05, 0) is 42.0 Å². The maximum absolute atomic E-state index is 13.1. The molecule has 1 aliphatic heterocycles. The van der Waals surface area contributed by atoms with E-state index in [-0.39, 0.29) is 12.0 Å². The van der Waals surface area contributed by atoms with E-state index < -0.39 is 0 Å². The van der Waals surface area contributed by atoms with Gasteiger partial charge in [-0.15, -0.1) is 11.3 Å². The molecule has 2 aromatic carbocycles. The highest BCUT2D eigenvalue weighted by Gasteiger charge is 2.28. The fourth-order valence-corrected chi connectivity index (χ4v) is 3.79. The van der Waals surface area contributed by atoms with Crippen molar-refractivity contribution in [2.75, 3.05) is 11.4 Å². The molecular formula is C18H15NO2S. The van der Waals surface area contributed by atoms with Gasteiger partial charge in [0.2, 0.25) is 0 Å². The van der Waals surface area contributed by atoms with E-state index in [1.807, 2.05) is 65.7 Å². The van der Waals surface area contributed by atoms with Crippen molar-refractivity contribution in [2.45, 2.75) is 13.0 Å². The minimum atomic E-state index is -0.0126. The normalized spacial score (nSPS) is 17.1. The van der Waals surface area contributed by atoms with Gasteiger partial charge in [0.25, 0.3) is 5.91 Å². The van der Waals surface area contributed by atoms with E-state index in [9.17, 15) is 4.79 Å². The first-order valence-electron chi connectivity index (χ1n) is 7.28. The second-order valence-electron chi connectivity index (χ2n) is 5.46. The molecule has 4 rings (SSSR count). The number of carbonyl (C=O) groups is 1. The van der Waals surface area contributed by atoms with Gasteiger partial charge in [0.15, 0.2) is 0 Å². The van der Waals surface area contributed by atoms with Crippen LogP contribution in [0.5, 0.6) is 5.75 Å². The Kier molecular flexibility index (Phi) is 3.12. The fourth-order valence-electron chi connectivity index (χ4n) is 2.89. The molecule has 0 saturated heterocycles. The number of nitrogens with zero attached hydrogens (tertiary/aromatic N) is 1. The summed E-state index contributed by atoms with van der Waals surface area (Å²) in [6.07, 6.45) is -0.0126. The van der Waals surface area contributed by atoms with Crippen molar-refractivity contribution in [1.29, 1.82) is 0 Å². The molecule has 1 atom stereocenters. The third-order valence-corrected chi connectivity index (χ3v) is 4.84. The molecule has 110 valence electrons. The van der Waals surface area contributed by atoms with Crippen LogP contribution in [0.3, 0.4) is 0 Å². The first kappa shape index (κ1) is 13.3. The van der Waals surface area contributed by atoms with Crippen molar-refractivity contribution in [1.82, 2.24) is 0 Å². The number of rotatable bonds is 1. The second kappa shape index (κ2) is 5.14. The van der Waals surface area contributed by atoms with Gasteiger partial charge in [-0.25, -0.2) is 0 Å². The molecule has 0 radical (unpaired) electrons. The maximum Gasteiger partial charge on any atom is 0.259 e. The number of anilines is 1. The van der Waals surface area contributed by atoms with Gasteiger partial charge in [0, 0.05) is 4.70 Å². The summed E-state index contributed by atoms with van der Waals surface area (Å²) < 4.78 is 6.87. The van der Waals surface area contributed by atoms with Crippen LogP contribution >= 0.6 is 11.3 Å². The van der Waals surface area contributed by atoms with E-state index >= 15 is 0 Å². The number of benzene rings is 2. The molecule has 1 aromatic heterocycles. The number of amides is 1. The third kappa shape index (κ3) is 2.07. The van der Waals surface area contributed by atoms with Crippen molar-refractivity contribution < 1.29 is 9.53 Å². The molecule has 3 nitrogen and oxygen atoms in total. The number of ether oxygens (including phenoxy) is 1. The van der Waals surface area contributed by atoms with Gasteiger partial charge in [0.1, 0.15) is 11.9 Å². The van der Waals surface area contributed by atoms with Gasteiger partial charge in [-0.1, -0.05) is 24.3 Å². The summed E-state index contributed by atoms with van der Waals surface area (Å²) in [5.74, 6) is 0.809. The minimum absolute atomic E-state index is 0.0126. The topological polar surface area (TPSA) is 29.5 Å². The largest absolute Gasteiger partial charge is 0.487 e. The molecule has 3 aromatic rings. The van der Waals surface area contributed by atoms with E-state index in [1.165, 1.54) is 0 Å². The highest BCUT2D eigenvalue weighted by Crippen LogP contribution is 2.35. The second-order valence-corrected chi connectivity index (χ2v) is 6.37. The smallest absolute Gasteiger partial charge is 0.259 e. The molecule has 0 fully saturated rings. The Bertz CT molecular complexity index is 855. The number of hydrogen-bond donors (Lipinski definition) is 0. The van der Waals surface area contributed by atoms with E-state index in [4.69, 9.17) is 4.74 Å². The highest BCUT2D eigenvalue weighted by molar-refractivity contribution is 7.17. The zero-order valence-electron chi connectivity index (χ0n) is 12.2. The SMILES string of the molecule is CC1CN(C(=O)c2cccc3ccsc23)c2ccccc2O1.